The summed E-state index contributed by atoms with van der Waals surface area (Å²) in [5.74, 6) is 0.908. The van der Waals surface area contributed by atoms with Gasteiger partial charge in [-0.25, -0.2) is 0 Å². The van der Waals surface area contributed by atoms with Gasteiger partial charge in [0.1, 0.15) is 5.78 Å². The van der Waals surface area contributed by atoms with Crippen molar-refractivity contribution in [1.29, 1.82) is 0 Å². The largest absolute Gasteiger partial charge is 0.504 e. The van der Waals surface area contributed by atoms with Gasteiger partial charge in [-0.3, -0.25) is 9.69 Å². The number of phenols is 1. The molecule has 2 aromatic carbocycles. The van der Waals surface area contributed by atoms with Crippen LogP contribution in [0, 0.1) is 0 Å². The molecule has 0 fully saturated rings. The number of rotatable bonds is 3. The van der Waals surface area contributed by atoms with Crippen LogP contribution in [0.3, 0.4) is 0 Å². The number of ketones is 1. The van der Waals surface area contributed by atoms with Crippen molar-refractivity contribution in [1.82, 2.24) is 4.90 Å². The molecule has 0 radical (unpaired) electrons. The smallest absolute Gasteiger partial charge is 0.165 e. The topological polar surface area (TPSA) is 49.8 Å². The van der Waals surface area contributed by atoms with E-state index < -0.39 is 0 Å². The van der Waals surface area contributed by atoms with E-state index in [0.29, 0.717) is 12.3 Å². The van der Waals surface area contributed by atoms with Crippen molar-refractivity contribution in [3.63, 3.8) is 0 Å². The number of hydrogen-bond donors (Lipinski definition) is 1. The molecule has 0 unspecified atom stereocenters. The molecule has 2 aliphatic rings. The molecule has 24 heavy (non-hydrogen) atoms. The molecule has 1 heterocycles. The highest BCUT2D eigenvalue weighted by atomic mass is 16.5. The predicted molar refractivity (Wildman–Crippen MR) is 92.5 cm³/mol. The number of aromatic hydroxyl groups is 1. The molecule has 0 saturated carbocycles. The first-order valence-electron chi connectivity index (χ1n) is 8.34. The molecule has 124 valence electrons. The number of carbonyl (C=O) groups is 1. The molecule has 4 nitrogen and oxygen atoms in total. The van der Waals surface area contributed by atoms with E-state index >= 15 is 0 Å². The Labute approximate surface area is 141 Å². The zero-order valence-electron chi connectivity index (χ0n) is 14.0. The van der Waals surface area contributed by atoms with Crippen LogP contribution >= 0.6 is 0 Å². The minimum Gasteiger partial charge on any atom is -0.504 e. The summed E-state index contributed by atoms with van der Waals surface area (Å²) < 4.78 is 5.29. The Morgan fingerprint density at radius 1 is 1.29 bits per heavy atom. The van der Waals surface area contributed by atoms with Gasteiger partial charge in [0.05, 0.1) is 13.7 Å². The lowest BCUT2D eigenvalue weighted by Gasteiger charge is -2.41. The van der Waals surface area contributed by atoms with Gasteiger partial charge in [0, 0.05) is 18.2 Å². The number of phenolic OH excluding ortho intramolecular Hbond substituents is 1. The summed E-state index contributed by atoms with van der Waals surface area (Å²) >= 11 is 0. The molecular formula is C20H21NO3. The van der Waals surface area contributed by atoms with Crippen LogP contribution in [0.15, 0.2) is 30.3 Å². The molecule has 1 aliphatic heterocycles. The van der Waals surface area contributed by atoms with E-state index in [2.05, 4.69) is 23.1 Å². The Kier molecular flexibility index (Phi) is 3.57. The van der Waals surface area contributed by atoms with Crippen LogP contribution in [0.25, 0.3) is 11.1 Å². The lowest BCUT2D eigenvalue weighted by molar-refractivity contribution is -0.118. The standard InChI is InChI=1S/C20H21NO3/c1-12(22)11-21-9-8-13-4-3-5-15-18(13)16(21)10-14-6-7-17(24-2)20(23)19(14)15/h3-7,16,23H,8-11H2,1-2H3/t16-/m1/s1. The third-order valence-electron chi connectivity index (χ3n) is 5.19. The number of benzene rings is 2. The highest BCUT2D eigenvalue weighted by Gasteiger charge is 2.35. The van der Waals surface area contributed by atoms with Gasteiger partial charge < -0.3 is 9.84 Å². The lowest BCUT2D eigenvalue weighted by atomic mass is 9.76. The van der Waals surface area contributed by atoms with Gasteiger partial charge in [-0.15, -0.1) is 0 Å². The van der Waals surface area contributed by atoms with Crippen molar-refractivity contribution in [2.24, 2.45) is 0 Å². The van der Waals surface area contributed by atoms with Crippen molar-refractivity contribution < 1.29 is 14.6 Å². The van der Waals surface area contributed by atoms with Crippen LogP contribution in [-0.2, 0) is 17.6 Å². The zero-order valence-corrected chi connectivity index (χ0v) is 14.0. The molecule has 0 bridgehead atoms. The van der Waals surface area contributed by atoms with Crippen LogP contribution in [0.5, 0.6) is 11.5 Å². The molecular weight excluding hydrogens is 302 g/mol. The summed E-state index contributed by atoms with van der Waals surface area (Å²) in [5.41, 5.74) is 5.65. The van der Waals surface area contributed by atoms with E-state index in [9.17, 15) is 9.90 Å². The van der Waals surface area contributed by atoms with Crippen molar-refractivity contribution in [3.8, 4) is 22.6 Å². The maximum atomic E-state index is 11.7. The molecule has 0 amide bonds. The number of hydrogen-bond acceptors (Lipinski definition) is 4. The third kappa shape index (κ3) is 2.21. The van der Waals surface area contributed by atoms with Crippen molar-refractivity contribution >= 4 is 5.78 Å². The van der Waals surface area contributed by atoms with Crippen LogP contribution in [-0.4, -0.2) is 36.0 Å². The highest BCUT2D eigenvalue weighted by Crippen LogP contribution is 2.50. The lowest BCUT2D eigenvalue weighted by Crippen LogP contribution is -2.40. The van der Waals surface area contributed by atoms with E-state index in [1.807, 2.05) is 12.1 Å². The zero-order chi connectivity index (χ0) is 16.8. The second-order valence-corrected chi connectivity index (χ2v) is 6.67. The first-order valence-corrected chi connectivity index (χ1v) is 8.34. The number of nitrogens with zero attached hydrogens (tertiary/aromatic N) is 1. The van der Waals surface area contributed by atoms with E-state index in [1.54, 1.807) is 14.0 Å². The van der Waals surface area contributed by atoms with Gasteiger partial charge >= 0.3 is 0 Å². The maximum Gasteiger partial charge on any atom is 0.165 e. The van der Waals surface area contributed by atoms with Gasteiger partial charge in [-0.1, -0.05) is 24.3 Å². The van der Waals surface area contributed by atoms with E-state index in [0.717, 1.165) is 36.1 Å². The fourth-order valence-electron chi connectivity index (χ4n) is 4.21. The molecule has 4 rings (SSSR count). The summed E-state index contributed by atoms with van der Waals surface area (Å²) in [7, 11) is 1.57. The van der Waals surface area contributed by atoms with Crippen molar-refractivity contribution in [2.75, 3.05) is 20.2 Å². The second kappa shape index (κ2) is 5.64. The number of fused-ring (bicyclic) bond motifs is 2. The van der Waals surface area contributed by atoms with E-state index in [4.69, 9.17) is 4.74 Å². The SMILES string of the molecule is COc1ccc2c(c1O)-c1cccc3c1[C@@H](C2)N(CC(C)=O)CC3. The van der Waals surface area contributed by atoms with E-state index in [1.165, 1.54) is 11.1 Å². The number of carbonyl (C=O) groups excluding carboxylic acids is 1. The number of Topliss-reactive ketones (excluding diaryl/α,β-unsaturated/α-hetero) is 1. The van der Waals surface area contributed by atoms with Gasteiger partial charge in [-0.05, 0) is 48.1 Å². The third-order valence-corrected chi connectivity index (χ3v) is 5.19. The van der Waals surface area contributed by atoms with Crippen molar-refractivity contribution in [2.45, 2.75) is 25.8 Å². The minimum absolute atomic E-state index is 0.194. The fourth-order valence-corrected chi connectivity index (χ4v) is 4.21. The van der Waals surface area contributed by atoms with Gasteiger partial charge in [-0.2, -0.15) is 0 Å². The molecule has 0 spiro atoms. The summed E-state index contributed by atoms with van der Waals surface area (Å²) in [6.45, 7) is 3.03. The monoisotopic (exact) mass is 323 g/mol. The van der Waals surface area contributed by atoms with Crippen LogP contribution < -0.4 is 4.74 Å². The molecule has 1 N–H and O–H groups in total. The Bertz CT molecular complexity index is 828. The minimum atomic E-state index is 0.194. The summed E-state index contributed by atoms with van der Waals surface area (Å²) in [4.78, 5) is 13.9. The predicted octanol–water partition coefficient (Wildman–Crippen LogP) is 3.11. The molecule has 0 saturated heterocycles. The Balaban J connectivity index is 1.91. The van der Waals surface area contributed by atoms with Gasteiger partial charge in [0.15, 0.2) is 11.5 Å². The molecule has 4 heteroatoms. The summed E-state index contributed by atoms with van der Waals surface area (Å²) in [5, 5.41) is 10.7. The second-order valence-electron chi connectivity index (χ2n) is 6.67. The van der Waals surface area contributed by atoms with Crippen LogP contribution in [0.2, 0.25) is 0 Å². The average molecular weight is 323 g/mol. The normalized spacial score (nSPS) is 18.7. The Morgan fingerprint density at radius 2 is 2.12 bits per heavy atom. The fraction of sp³-hybridized carbons (Fsp3) is 0.350. The average Bonchev–Trinajstić information content (AvgIpc) is 2.57. The first-order chi connectivity index (χ1) is 11.6. The van der Waals surface area contributed by atoms with Crippen molar-refractivity contribution in [3.05, 3.63) is 47.0 Å². The van der Waals surface area contributed by atoms with Crippen LogP contribution in [0.1, 0.15) is 29.7 Å². The Hall–Kier alpha value is -2.33. The summed E-state index contributed by atoms with van der Waals surface area (Å²) in [6.07, 6.45) is 1.75. The maximum absolute atomic E-state index is 11.7. The van der Waals surface area contributed by atoms with Gasteiger partial charge in [0.25, 0.3) is 0 Å². The van der Waals surface area contributed by atoms with Crippen LogP contribution in [0.4, 0.5) is 0 Å². The summed E-state index contributed by atoms with van der Waals surface area (Å²) in [6, 6.07) is 10.3. The molecule has 2 aromatic rings. The Morgan fingerprint density at radius 3 is 2.88 bits per heavy atom. The first kappa shape index (κ1) is 15.2. The molecule has 1 atom stereocenters. The number of ether oxygens (including phenoxy) is 1. The van der Waals surface area contributed by atoms with Gasteiger partial charge in [0.2, 0.25) is 0 Å². The quantitative estimate of drug-likeness (QED) is 0.943. The highest BCUT2D eigenvalue weighted by molar-refractivity contribution is 5.83. The number of methoxy groups -OCH3 is 1. The molecule has 0 aromatic heterocycles. The van der Waals surface area contributed by atoms with E-state index in [-0.39, 0.29) is 17.6 Å². The molecule has 1 aliphatic carbocycles.